The summed E-state index contributed by atoms with van der Waals surface area (Å²) in [5.74, 6) is 0.103. The molecule has 1 heterocycles. The Morgan fingerprint density at radius 3 is 2.22 bits per heavy atom. The SMILES string of the molecule is CCNC(=O)CNC(=O)CN1CCN(S(=O)(=O)c2ccc(OC)cc2)CC1. The number of hydrogen-bond acceptors (Lipinski definition) is 6. The molecule has 2 amide bonds. The molecule has 0 unspecified atom stereocenters. The van der Waals surface area contributed by atoms with Crippen molar-refractivity contribution in [2.45, 2.75) is 11.8 Å². The zero-order chi connectivity index (χ0) is 19.9. The van der Waals surface area contributed by atoms with E-state index in [0.29, 0.717) is 38.5 Å². The van der Waals surface area contributed by atoms with Crippen molar-refractivity contribution < 1.29 is 22.7 Å². The lowest BCUT2D eigenvalue weighted by Crippen LogP contribution is -2.51. The number of nitrogens with one attached hydrogen (secondary N) is 2. The zero-order valence-corrected chi connectivity index (χ0v) is 16.4. The van der Waals surface area contributed by atoms with Crippen LogP contribution >= 0.6 is 0 Å². The number of ether oxygens (including phenoxy) is 1. The van der Waals surface area contributed by atoms with Gasteiger partial charge in [-0.1, -0.05) is 0 Å². The maximum atomic E-state index is 12.7. The lowest BCUT2D eigenvalue weighted by molar-refractivity contribution is -0.126. The van der Waals surface area contributed by atoms with Crippen molar-refractivity contribution in [2.75, 3.05) is 52.9 Å². The lowest BCUT2D eigenvalue weighted by atomic mass is 10.3. The van der Waals surface area contributed by atoms with E-state index >= 15 is 0 Å². The molecule has 1 aromatic carbocycles. The minimum Gasteiger partial charge on any atom is -0.497 e. The molecule has 1 aliphatic heterocycles. The van der Waals surface area contributed by atoms with Crippen LogP contribution in [0.5, 0.6) is 5.75 Å². The van der Waals surface area contributed by atoms with Gasteiger partial charge < -0.3 is 15.4 Å². The zero-order valence-electron chi connectivity index (χ0n) is 15.6. The molecule has 2 N–H and O–H groups in total. The minimum atomic E-state index is -3.57. The van der Waals surface area contributed by atoms with Crippen LogP contribution in [0.2, 0.25) is 0 Å². The predicted octanol–water partition coefficient (Wildman–Crippen LogP) is -0.746. The number of methoxy groups -OCH3 is 1. The standard InChI is InChI=1S/C17H26N4O5S/c1-3-18-16(22)12-19-17(23)13-20-8-10-21(11-9-20)27(24,25)15-6-4-14(26-2)5-7-15/h4-7H,3,8-13H2,1-2H3,(H,18,22)(H,19,23). The molecular formula is C17H26N4O5S. The molecule has 1 aliphatic rings. The van der Waals surface area contributed by atoms with Gasteiger partial charge >= 0.3 is 0 Å². The Hall–Kier alpha value is -2.17. The molecule has 0 aromatic heterocycles. The largest absolute Gasteiger partial charge is 0.497 e. The molecule has 9 nitrogen and oxygen atoms in total. The summed E-state index contributed by atoms with van der Waals surface area (Å²) in [6.07, 6.45) is 0. The van der Waals surface area contributed by atoms with Crippen LogP contribution in [0.1, 0.15) is 6.92 Å². The second kappa shape index (κ2) is 9.67. The highest BCUT2D eigenvalue weighted by molar-refractivity contribution is 7.89. The first-order chi connectivity index (χ1) is 12.9. The third kappa shape index (κ3) is 5.91. The van der Waals surface area contributed by atoms with Crippen molar-refractivity contribution in [3.8, 4) is 5.75 Å². The summed E-state index contributed by atoms with van der Waals surface area (Å²) in [5, 5.41) is 5.16. The van der Waals surface area contributed by atoms with Gasteiger partial charge in [-0.15, -0.1) is 0 Å². The highest BCUT2D eigenvalue weighted by atomic mass is 32.2. The van der Waals surface area contributed by atoms with E-state index in [1.165, 1.54) is 23.5 Å². The van der Waals surface area contributed by atoms with E-state index in [0.717, 1.165) is 0 Å². The van der Waals surface area contributed by atoms with Crippen LogP contribution in [0.25, 0.3) is 0 Å². The topological polar surface area (TPSA) is 108 Å². The van der Waals surface area contributed by atoms with Gasteiger partial charge in [0.15, 0.2) is 0 Å². The Kier molecular flexibility index (Phi) is 7.57. The minimum absolute atomic E-state index is 0.0571. The number of rotatable bonds is 8. The van der Waals surface area contributed by atoms with Gasteiger partial charge in [-0.2, -0.15) is 4.31 Å². The second-order valence-electron chi connectivity index (χ2n) is 6.09. The van der Waals surface area contributed by atoms with Gasteiger partial charge in [0.05, 0.1) is 25.1 Å². The van der Waals surface area contributed by atoms with Crippen LogP contribution in [0.15, 0.2) is 29.2 Å². The van der Waals surface area contributed by atoms with E-state index in [1.807, 2.05) is 4.90 Å². The van der Waals surface area contributed by atoms with Crippen molar-refractivity contribution in [3.05, 3.63) is 24.3 Å². The van der Waals surface area contributed by atoms with E-state index in [1.54, 1.807) is 19.1 Å². The van der Waals surface area contributed by atoms with Gasteiger partial charge in [0.1, 0.15) is 5.75 Å². The smallest absolute Gasteiger partial charge is 0.243 e. The molecule has 0 bridgehead atoms. The maximum Gasteiger partial charge on any atom is 0.243 e. The fourth-order valence-electron chi connectivity index (χ4n) is 2.72. The first-order valence-corrected chi connectivity index (χ1v) is 10.2. The molecule has 0 aliphatic carbocycles. The lowest BCUT2D eigenvalue weighted by Gasteiger charge is -2.33. The van der Waals surface area contributed by atoms with Crippen molar-refractivity contribution in [3.63, 3.8) is 0 Å². The molecule has 0 saturated carbocycles. The molecule has 2 rings (SSSR count). The molecule has 1 fully saturated rings. The quantitative estimate of drug-likeness (QED) is 0.597. The Labute approximate surface area is 159 Å². The van der Waals surface area contributed by atoms with Crippen molar-refractivity contribution in [1.29, 1.82) is 0 Å². The van der Waals surface area contributed by atoms with Gasteiger partial charge in [-0.05, 0) is 31.2 Å². The summed E-state index contributed by atoms with van der Waals surface area (Å²) in [5.41, 5.74) is 0. The Morgan fingerprint density at radius 2 is 1.67 bits per heavy atom. The number of benzene rings is 1. The summed E-state index contributed by atoms with van der Waals surface area (Å²) in [7, 11) is -2.05. The van der Waals surface area contributed by atoms with Crippen LogP contribution in [0.3, 0.4) is 0 Å². The molecule has 0 atom stereocenters. The van der Waals surface area contributed by atoms with E-state index in [-0.39, 0.29) is 29.8 Å². The molecule has 27 heavy (non-hydrogen) atoms. The van der Waals surface area contributed by atoms with Gasteiger partial charge in [0.25, 0.3) is 0 Å². The van der Waals surface area contributed by atoms with Crippen LogP contribution in [-0.4, -0.2) is 82.4 Å². The monoisotopic (exact) mass is 398 g/mol. The fraction of sp³-hybridized carbons (Fsp3) is 0.529. The normalized spacial score (nSPS) is 15.9. The van der Waals surface area contributed by atoms with Crippen LogP contribution in [-0.2, 0) is 19.6 Å². The second-order valence-corrected chi connectivity index (χ2v) is 8.02. The average molecular weight is 398 g/mol. The van der Waals surface area contributed by atoms with Crippen LogP contribution in [0.4, 0.5) is 0 Å². The molecule has 1 aromatic rings. The number of piperazine rings is 1. The molecule has 1 saturated heterocycles. The summed E-state index contributed by atoms with van der Waals surface area (Å²) in [4.78, 5) is 25.3. The summed E-state index contributed by atoms with van der Waals surface area (Å²) < 4.78 is 31.9. The first-order valence-electron chi connectivity index (χ1n) is 8.76. The molecule has 150 valence electrons. The van der Waals surface area contributed by atoms with Gasteiger partial charge in [0.2, 0.25) is 21.8 Å². The third-order valence-electron chi connectivity index (χ3n) is 4.22. The van der Waals surface area contributed by atoms with Crippen molar-refractivity contribution in [2.24, 2.45) is 0 Å². The molecular weight excluding hydrogens is 372 g/mol. The number of amides is 2. The van der Waals surface area contributed by atoms with Crippen LogP contribution < -0.4 is 15.4 Å². The molecule has 10 heteroatoms. The molecule has 0 spiro atoms. The maximum absolute atomic E-state index is 12.7. The first kappa shape index (κ1) is 21.1. The van der Waals surface area contributed by atoms with Crippen molar-refractivity contribution in [1.82, 2.24) is 19.8 Å². The predicted molar refractivity (Wildman–Crippen MR) is 99.9 cm³/mol. The molecule has 0 radical (unpaired) electrons. The van der Waals surface area contributed by atoms with E-state index in [9.17, 15) is 18.0 Å². The number of hydrogen-bond donors (Lipinski definition) is 2. The summed E-state index contributed by atoms with van der Waals surface area (Å²) in [6.45, 7) is 3.90. The summed E-state index contributed by atoms with van der Waals surface area (Å²) >= 11 is 0. The van der Waals surface area contributed by atoms with E-state index in [4.69, 9.17) is 4.74 Å². The van der Waals surface area contributed by atoms with Crippen molar-refractivity contribution >= 4 is 21.8 Å². The number of carbonyl (C=O) groups is 2. The fourth-order valence-corrected chi connectivity index (χ4v) is 4.14. The summed E-state index contributed by atoms with van der Waals surface area (Å²) in [6, 6.07) is 6.27. The van der Waals surface area contributed by atoms with E-state index < -0.39 is 10.0 Å². The Balaban J connectivity index is 1.83. The van der Waals surface area contributed by atoms with Gasteiger partial charge in [0, 0.05) is 32.7 Å². The van der Waals surface area contributed by atoms with E-state index in [2.05, 4.69) is 10.6 Å². The highest BCUT2D eigenvalue weighted by Crippen LogP contribution is 2.20. The van der Waals surface area contributed by atoms with Crippen LogP contribution in [0, 0.1) is 0 Å². The number of likely N-dealkylation sites (N-methyl/N-ethyl adjacent to an activating group) is 1. The highest BCUT2D eigenvalue weighted by Gasteiger charge is 2.29. The number of nitrogens with zero attached hydrogens (tertiary/aromatic N) is 2. The Bertz CT molecular complexity index is 743. The number of sulfonamides is 1. The van der Waals surface area contributed by atoms with Gasteiger partial charge in [-0.25, -0.2) is 8.42 Å². The average Bonchev–Trinajstić information content (AvgIpc) is 2.67. The van der Waals surface area contributed by atoms with Gasteiger partial charge in [-0.3, -0.25) is 14.5 Å². The Morgan fingerprint density at radius 1 is 1.04 bits per heavy atom. The third-order valence-corrected chi connectivity index (χ3v) is 6.13. The number of carbonyl (C=O) groups excluding carboxylic acids is 2.